The number of thiophene rings is 1. The Morgan fingerprint density at radius 1 is 1.38 bits per heavy atom. The fourth-order valence-electron chi connectivity index (χ4n) is 1.69. The highest BCUT2D eigenvalue weighted by molar-refractivity contribution is 7.14. The van der Waals surface area contributed by atoms with E-state index in [0.29, 0.717) is 4.88 Å². The molecular formula is C14H20N2O4S. The van der Waals surface area contributed by atoms with Crippen molar-refractivity contribution in [2.45, 2.75) is 39.7 Å². The summed E-state index contributed by atoms with van der Waals surface area (Å²) in [4.78, 5) is 36.2. The second-order valence-corrected chi connectivity index (χ2v) is 5.81. The summed E-state index contributed by atoms with van der Waals surface area (Å²) in [5.41, 5.74) is 1.12. The molecule has 0 bridgehead atoms. The van der Waals surface area contributed by atoms with Crippen LogP contribution in [0.15, 0.2) is 6.07 Å². The number of urea groups is 1. The first-order valence-electron chi connectivity index (χ1n) is 6.71. The quantitative estimate of drug-likeness (QED) is 0.815. The zero-order chi connectivity index (χ0) is 16.0. The van der Waals surface area contributed by atoms with Gasteiger partial charge >= 0.3 is 12.0 Å². The van der Waals surface area contributed by atoms with E-state index in [1.54, 1.807) is 6.07 Å². The summed E-state index contributed by atoms with van der Waals surface area (Å²) in [6.07, 6.45) is 0.867. The molecule has 0 radical (unpaired) electrons. The molecule has 0 aliphatic heterocycles. The van der Waals surface area contributed by atoms with Crippen LogP contribution in [0.3, 0.4) is 0 Å². The van der Waals surface area contributed by atoms with Gasteiger partial charge in [-0.25, -0.2) is 9.59 Å². The molecule has 116 valence electrons. The van der Waals surface area contributed by atoms with Gasteiger partial charge in [0.25, 0.3) is 5.91 Å². The molecule has 1 heterocycles. The van der Waals surface area contributed by atoms with E-state index in [-0.39, 0.29) is 0 Å². The molecule has 0 spiro atoms. The Morgan fingerprint density at radius 2 is 2.05 bits per heavy atom. The third-order valence-electron chi connectivity index (χ3n) is 2.86. The van der Waals surface area contributed by atoms with Crippen LogP contribution in [0.2, 0.25) is 0 Å². The van der Waals surface area contributed by atoms with E-state index in [0.717, 1.165) is 23.3 Å². The molecule has 1 atom stereocenters. The minimum Gasteiger partial charge on any atom is -0.448 e. The zero-order valence-electron chi connectivity index (χ0n) is 12.6. The predicted molar refractivity (Wildman–Crippen MR) is 80.5 cm³/mol. The molecule has 0 aromatic carbocycles. The zero-order valence-corrected chi connectivity index (χ0v) is 13.4. The van der Waals surface area contributed by atoms with Gasteiger partial charge in [-0.1, -0.05) is 13.3 Å². The molecule has 21 heavy (non-hydrogen) atoms. The molecule has 0 fully saturated rings. The fraction of sp³-hybridized carbons (Fsp3) is 0.500. The summed E-state index contributed by atoms with van der Waals surface area (Å²) < 4.78 is 5.07. The van der Waals surface area contributed by atoms with E-state index >= 15 is 0 Å². The lowest BCUT2D eigenvalue weighted by atomic mass is 10.1. The first-order chi connectivity index (χ1) is 9.88. The Hall–Kier alpha value is -1.89. The van der Waals surface area contributed by atoms with Crippen LogP contribution in [0.1, 0.15) is 40.4 Å². The molecule has 0 saturated carbocycles. The van der Waals surface area contributed by atoms with Gasteiger partial charge in [-0.05, 0) is 31.9 Å². The summed E-state index contributed by atoms with van der Waals surface area (Å²) in [7, 11) is 1.39. The molecule has 2 N–H and O–H groups in total. The van der Waals surface area contributed by atoms with Crippen molar-refractivity contribution < 1.29 is 19.1 Å². The summed E-state index contributed by atoms with van der Waals surface area (Å²) in [5.74, 6) is -1.21. The summed E-state index contributed by atoms with van der Waals surface area (Å²) >= 11 is 1.35. The second-order valence-electron chi connectivity index (χ2n) is 4.56. The van der Waals surface area contributed by atoms with Crippen molar-refractivity contribution in [3.63, 3.8) is 0 Å². The van der Waals surface area contributed by atoms with Gasteiger partial charge in [-0.3, -0.25) is 10.1 Å². The summed E-state index contributed by atoms with van der Waals surface area (Å²) in [5, 5.41) is 4.31. The van der Waals surface area contributed by atoms with Crippen molar-refractivity contribution in [1.29, 1.82) is 0 Å². The third-order valence-corrected chi connectivity index (χ3v) is 3.93. The van der Waals surface area contributed by atoms with Gasteiger partial charge in [0.1, 0.15) is 4.88 Å². The number of imide groups is 1. The molecule has 6 nitrogen and oxygen atoms in total. The smallest absolute Gasteiger partial charge is 0.349 e. The Balaban J connectivity index is 2.66. The topological polar surface area (TPSA) is 84.5 Å². The lowest BCUT2D eigenvalue weighted by molar-refractivity contribution is -0.127. The average molecular weight is 312 g/mol. The molecule has 1 aromatic heterocycles. The monoisotopic (exact) mass is 312 g/mol. The number of hydrogen-bond donors (Lipinski definition) is 2. The van der Waals surface area contributed by atoms with Gasteiger partial charge in [0.15, 0.2) is 6.10 Å². The van der Waals surface area contributed by atoms with Crippen LogP contribution in [0.5, 0.6) is 0 Å². The van der Waals surface area contributed by atoms with Gasteiger partial charge < -0.3 is 10.1 Å². The third kappa shape index (κ3) is 4.86. The molecule has 0 aliphatic carbocycles. The van der Waals surface area contributed by atoms with E-state index in [1.165, 1.54) is 25.3 Å². The van der Waals surface area contributed by atoms with Gasteiger partial charge in [-0.2, -0.15) is 0 Å². The fourth-order valence-corrected chi connectivity index (χ4v) is 2.64. The number of aryl methyl sites for hydroxylation is 2. The molecule has 3 amide bonds. The van der Waals surface area contributed by atoms with Gasteiger partial charge in [0.2, 0.25) is 0 Å². The van der Waals surface area contributed by atoms with Gasteiger partial charge in [0.05, 0.1) is 0 Å². The number of ether oxygens (including phenoxy) is 1. The van der Waals surface area contributed by atoms with Crippen LogP contribution in [-0.4, -0.2) is 31.1 Å². The highest BCUT2D eigenvalue weighted by Gasteiger charge is 2.22. The van der Waals surface area contributed by atoms with Crippen molar-refractivity contribution in [2.24, 2.45) is 0 Å². The molecule has 0 saturated heterocycles. The van der Waals surface area contributed by atoms with Crippen molar-refractivity contribution in [1.82, 2.24) is 10.6 Å². The average Bonchev–Trinajstić information content (AvgIpc) is 2.80. The van der Waals surface area contributed by atoms with E-state index in [2.05, 4.69) is 17.6 Å². The Labute approximate surface area is 127 Å². The van der Waals surface area contributed by atoms with Crippen molar-refractivity contribution in [3.8, 4) is 0 Å². The highest BCUT2D eigenvalue weighted by Crippen LogP contribution is 2.23. The van der Waals surface area contributed by atoms with Crippen molar-refractivity contribution in [3.05, 3.63) is 21.4 Å². The maximum atomic E-state index is 12.0. The molecule has 1 aromatic rings. The second kappa shape index (κ2) is 7.78. The van der Waals surface area contributed by atoms with Crippen LogP contribution in [-0.2, 0) is 16.0 Å². The number of carbonyl (C=O) groups is 3. The largest absolute Gasteiger partial charge is 0.448 e. The predicted octanol–water partition coefficient (Wildman–Crippen LogP) is 2.01. The van der Waals surface area contributed by atoms with Crippen LogP contribution < -0.4 is 10.6 Å². The van der Waals surface area contributed by atoms with E-state index in [9.17, 15) is 14.4 Å². The summed E-state index contributed by atoms with van der Waals surface area (Å²) in [6.45, 7) is 5.44. The van der Waals surface area contributed by atoms with E-state index < -0.39 is 24.0 Å². The van der Waals surface area contributed by atoms with Crippen LogP contribution in [0.25, 0.3) is 0 Å². The minimum atomic E-state index is -1.04. The standard InChI is InChI=1S/C14H20N2O4S/c1-5-6-10-7-11(21-9(10)3)13(18)20-8(2)12(17)16-14(19)15-4/h7-8H,5-6H2,1-4H3,(H2,15,16,17,19). The first-order valence-corrected chi connectivity index (χ1v) is 7.53. The number of hydrogen-bond acceptors (Lipinski definition) is 5. The number of carbonyl (C=O) groups excluding carboxylic acids is 3. The Bertz CT molecular complexity index is 539. The van der Waals surface area contributed by atoms with Crippen LogP contribution in [0.4, 0.5) is 4.79 Å². The molecular weight excluding hydrogens is 292 g/mol. The number of esters is 1. The number of amides is 3. The van der Waals surface area contributed by atoms with Gasteiger partial charge in [-0.15, -0.1) is 11.3 Å². The SMILES string of the molecule is CCCc1cc(C(=O)OC(C)C(=O)NC(=O)NC)sc1C. The molecule has 0 aliphatic rings. The number of rotatable bonds is 5. The van der Waals surface area contributed by atoms with Crippen molar-refractivity contribution >= 4 is 29.2 Å². The van der Waals surface area contributed by atoms with Gasteiger partial charge in [0, 0.05) is 11.9 Å². The maximum absolute atomic E-state index is 12.0. The molecule has 1 rings (SSSR count). The van der Waals surface area contributed by atoms with Crippen molar-refractivity contribution in [2.75, 3.05) is 7.05 Å². The lowest BCUT2D eigenvalue weighted by Crippen LogP contribution is -2.43. The maximum Gasteiger partial charge on any atom is 0.349 e. The highest BCUT2D eigenvalue weighted by atomic mass is 32.1. The Morgan fingerprint density at radius 3 is 2.62 bits per heavy atom. The number of nitrogens with one attached hydrogen (secondary N) is 2. The minimum absolute atomic E-state index is 0.468. The molecule has 1 unspecified atom stereocenters. The first kappa shape index (κ1) is 17.2. The van der Waals surface area contributed by atoms with Crippen LogP contribution in [0, 0.1) is 6.92 Å². The lowest BCUT2D eigenvalue weighted by Gasteiger charge is -2.11. The van der Waals surface area contributed by atoms with Crippen LogP contribution >= 0.6 is 11.3 Å². The van der Waals surface area contributed by atoms with E-state index in [4.69, 9.17) is 4.74 Å². The Kier molecular flexibility index (Phi) is 6.36. The normalized spacial score (nSPS) is 11.6. The molecule has 7 heteroatoms. The van der Waals surface area contributed by atoms with E-state index in [1.807, 2.05) is 6.92 Å². The summed E-state index contributed by atoms with van der Waals surface area (Å²) in [6, 6.07) is 1.16.